The van der Waals surface area contributed by atoms with Crippen molar-refractivity contribution in [1.82, 2.24) is 40.6 Å². The molecule has 2 N–H and O–H groups in total. The number of aryl methyl sites for hydroxylation is 1. The summed E-state index contributed by atoms with van der Waals surface area (Å²) in [5.74, 6) is -1.98. The van der Waals surface area contributed by atoms with Crippen LogP contribution in [0, 0.1) is 6.92 Å². The van der Waals surface area contributed by atoms with E-state index in [-0.39, 0.29) is 18.8 Å². The number of ether oxygens (including phenoxy) is 1. The van der Waals surface area contributed by atoms with Gasteiger partial charge in [0, 0.05) is 5.75 Å². The quantitative estimate of drug-likeness (QED) is 0.387. The van der Waals surface area contributed by atoms with Gasteiger partial charge >= 0.3 is 5.97 Å². The van der Waals surface area contributed by atoms with Gasteiger partial charge in [-0.15, -0.1) is 15.3 Å². The van der Waals surface area contributed by atoms with Crippen LogP contribution in [0.1, 0.15) is 5.01 Å². The molecule has 152 valence electrons. The van der Waals surface area contributed by atoms with Crippen LogP contribution < -0.4 is 5.32 Å². The van der Waals surface area contributed by atoms with Crippen molar-refractivity contribution in [2.45, 2.75) is 30.1 Å². The lowest BCUT2D eigenvalue weighted by molar-refractivity contribution is -0.184. The number of carbonyl (C=O) groups excluding carboxylic acids is 2. The van der Waals surface area contributed by atoms with Crippen LogP contribution in [0.15, 0.2) is 21.9 Å². The molecule has 2 aliphatic heterocycles. The SMILES string of the molecule is Cc1nnc(SCC2=C(C(=O)O)N3C(=O)C(NC(=O)Cn4cnnn4)C3OC2)s1. The van der Waals surface area contributed by atoms with Crippen molar-refractivity contribution >= 4 is 40.9 Å². The highest BCUT2D eigenvalue weighted by atomic mass is 32.2. The molecule has 4 heterocycles. The van der Waals surface area contributed by atoms with Crippen molar-refractivity contribution in [2.24, 2.45) is 0 Å². The number of amides is 2. The van der Waals surface area contributed by atoms with Crippen LogP contribution in [-0.2, 0) is 25.7 Å². The number of tetrazole rings is 1. The number of rotatable bonds is 7. The third-order valence-corrected chi connectivity index (χ3v) is 6.20. The summed E-state index contributed by atoms with van der Waals surface area (Å²) in [6.07, 6.45) is 0.393. The summed E-state index contributed by atoms with van der Waals surface area (Å²) >= 11 is 2.72. The lowest BCUT2D eigenvalue weighted by atomic mass is 9.99. The van der Waals surface area contributed by atoms with E-state index in [1.807, 2.05) is 6.92 Å². The molecule has 0 spiro atoms. The number of carboxylic acid groups (broad SMARTS) is 1. The Morgan fingerprint density at radius 1 is 1.45 bits per heavy atom. The average Bonchev–Trinajstić information content (AvgIpc) is 3.35. The van der Waals surface area contributed by atoms with Crippen molar-refractivity contribution in [3.8, 4) is 0 Å². The van der Waals surface area contributed by atoms with Gasteiger partial charge in [-0.2, -0.15) is 0 Å². The monoisotopic (exact) mass is 438 g/mol. The maximum Gasteiger partial charge on any atom is 0.352 e. The fraction of sp³-hybridized carbons (Fsp3) is 0.429. The number of carboxylic acids is 1. The fourth-order valence-corrected chi connectivity index (χ4v) is 4.71. The van der Waals surface area contributed by atoms with Gasteiger partial charge in [0.05, 0.1) is 6.61 Å². The highest BCUT2D eigenvalue weighted by Gasteiger charge is 2.54. The summed E-state index contributed by atoms with van der Waals surface area (Å²) in [6.45, 7) is 1.68. The van der Waals surface area contributed by atoms with E-state index in [1.165, 1.54) is 34.1 Å². The first-order valence-electron chi connectivity index (χ1n) is 8.27. The molecule has 0 aliphatic carbocycles. The molecule has 0 radical (unpaired) electrons. The first-order chi connectivity index (χ1) is 13.9. The second kappa shape index (κ2) is 7.84. The summed E-state index contributed by atoms with van der Waals surface area (Å²) in [4.78, 5) is 37.5. The van der Waals surface area contributed by atoms with Gasteiger partial charge in [0.25, 0.3) is 5.91 Å². The third kappa shape index (κ3) is 3.83. The van der Waals surface area contributed by atoms with Crippen molar-refractivity contribution in [3.63, 3.8) is 0 Å². The molecule has 1 fully saturated rings. The van der Waals surface area contributed by atoms with E-state index in [2.05, 4.69) is 31.0 Å². The Labute approximate surface area is 171 Å². The number of carbonyl (C=O) groups is 3. The summed E-state index contributed by atoms with van der Waals surface area (Å²) in [7, 11) is 0. The number of aromatic nitrogens is 6. The minimum absolute atomic E-state index is 0.0280. The Hall–Kier alpha value is -2.91. The molecule has 0 saturated carbocycles. The van der Waals surface area contributed by atoms with Gasteiger partial charge in [-0.3, -0.25) is 14.5 Å². The molecule has 2 aromatic heterocycles. The summed E-state index contributed by atoms with van der Waals surface area (Å²) in [6, 6.07) is -0.964. The van der Waals surface area contributed by atoms with E-state index in [4.69, 9.17) is 4.74 Å². The summed E-state index contributed by atoms with van der Waals surface area (Å²) in [5, 5.41) is 31.3. The number of fused-ring (bicyclic) bond motifs is 1. The molecule has 4 rings (SSSR count). The zero-order valence-corrected chi connectivity index (χ0v) is 16.5. The minimum Gasteiger partial charge on any atom is -0.477 e. The van der Waals surface area contributed by atoms with Crippen molar-refractivity contribution < 1.29 is 24.2 Å². The maximum atomic E-state index is 12.5. The number of hydrogen-bond acceptors (Lipinski definition) is 11. The fourth-order valence-electron chi connectivity index (χ4n) is 2.90. The van der Waals surface area contributed by atoms with Crippen molar-refractivity contribution in [2.75, 3.05) is 12.4 Å². The van der Waals surface area contributed by atoms with E-state index in [9.17, 15) is 19.5 Å². The predicted molar refractivity (Wildman–Crippen MR) is 96.4 cm³/mol. The van der Waals surface area contributed by atoms with Crippen LogP contribution in [0.5, 0.6) is 0 Å². The van der Waals surface area contributed by atoms with Gasteiger partial charge in [-0.05, 0) is 22.9 Å². The Balaban J connectivity index is 1.44. The Kier molecular flexibility index (Phi) is 5.25. The number of aliphatic carboxylic acids is 1. The first-order valence-corrected chi connectivity index (χ1v) is 10.1. The number of β-lactam (4-membered cyclic amide) rings is 1. The van der Waals surface area contributed by atoms with Gasteiger partial charge in [-0.25, -0.2) is 9.48 Å². The number of nitrogens with zero attached hydrogens (tertiary/aromatic N) is 7. The first kappa shape index (κ1) is 19.4. The Morgan fingerprint density at radius 3 is 2.93 bits per heavy atom. The molecular formula is C14H14N8O5S2. The number of nitrogens with one attached hydrogen (secondary N) is 1. The molecule has 29 heavy (non-hydrogen) atoms. The van der Waals surface area contributed by atoms with Crippen LogP contribution in [0.3, 0.4) is 0 Å². The molecule has 0 aromatic carbocycles. The lowest BCUT2D eigenvalue weighted by Crippen LogP contribution is -2.73. The van der Waals surface area contributed by atoms with Crippen LogP contribution in [0.2, 0.25) is 0 Å². The molecule has 2 amide bonds. The highest BCUT2D eigenvalue weighted by molar-refractivity contribution is 8.01. The molecule has 2 aliphatic rings. The molecular weight excluding hydrogens is 424 g/mol. The lowest BCUT2D eigenvalue weighted by Gasteiger charge is -2.49. The summed E-state index contributed by atoms with van der Waals surface area (Å²) in [5.41, 5.74) is 0.337. The number of thioether (sulfide) groups is 1. The second-order valence-electron chi connectivity index (χ2n) is 6.10. The normalized spacial score (nSPS) is 21.0. The molecule has 15 heteroatoms. The average molecular weight is 438 g/mol. The topological polar surface area (TPSA) is 165 Å². The standard InChI is InChI=1S/C14H14N8O5S2/c1-6-17-18-14(29-6)28-4-7-3-27-12-9(11(24)22(12)10(7)13(25)26)16-8(23)2-21-5-15-19-20-21/h5,9,12H,2-4H2,1H3,(H,16,23)(H,25,26). The van der Waals surface area contributed by atoms with E-state index in [0.29, 0.717) is 15.7 Å². The summed E-state index contributed by atoms with van der Waals surface area (Å²) < 4.78 is 7.56. The van der Waals surface area contributed by atoms with Crippen molar-refractivity contribution in [3.05, 3.63) is 22.6 Å². The molecule has 0 bridgehead atoms. The van der Waals surface area contributed by atoms with E-state index >= 15 is 0 Å². The van der Waals surface area contributed by atoms with Crippen LogP contribution in [-0.4, -0.2) is 82.8 Å². The largest absolute Gasteiger partial charge is 0.477 e. The van der Waals surface area contributed by atoms with E-state index in [0.717, 1.165) is 9.91 Å². The molecule has 2 atom stereocenters. The smallest absolute Gasteiger partial charge is 0.352 e. The van der Waals surface area contributed by atoms with Gasteiger partial charge in [0.15, 0.2) is 16.6 Å². The molecule has 13 nitrogen and oxygen atoms in total. The van der Waals surface area contributed by atoms with Crippen LogP contribution >= 0.6 is 23.1 Å². The van der Waals surface area contributed by atoms with Gasteiger partial charge in [0.1, 0.15) is 23.6 Å². The minimum atomic E-state index is -1.23. The molecule has 1 saturated heterocycles. The van der Waals surface area contributed by atoms with Crippen LogP contribution in [0.25, 0.3) is 0 Å². The Bertz CT molecular complexity index is 990. The zero-order chi connectivity index (χ0) is 20.5. The van der Waals surface area contributed by atoms with Crippen molar-refractivity contribution in [1.29, 1.82) is 0 Å². The Morgan fingerprint density at radius 2 is 2.28 bits per heavy atom. The molecule has 2 aromatic rings. The van der Waals surface area contributed by atoms with Gasteiger partial charge in [0.2, 0.25) is 5.91 Å². The third-order valence-electron chi connectivity index (χ3n) is 4.14. The van der Waals surface area contributed by atoms with Gasteiger partial charge in [-0.1, -0.05) is 23.1 Å². The van der Waals surface area contributed by atoms with Crippen LogP contribution in [0.4, 0.5) is 0 Å². The molecule has 2 unspecified atom stereocenters. The zero-order valence-electron chi connectivity index (χ0n) is 14.9. The van der Waals surface area contributed by atoms with E-state index in [1.54, 1.807) is 0 Å². The number of hydrogen-bond donors (Lipinski definition) is 2. The maximum absolute atomic E-state index is 12.5. The van der Waals surface area contributed by atoms with Gasteiger partial charge < -0.3 is 15.2 Å². The highest BCUT2D eigenvalue weighted by Crippen LogP contribution is 2.35. The predicted octanol–water partition coefficient (Wildman–Crippen LogP) is -1.35. The second-order valence-corrected chi connectivity index (χ2v) is 8.50. The van der Waals surface area contributed by atoms with E-state index < -0.39 is 30.1 Å².